The zero-order valence-corrected chi connectivity index (χ0v) is 21.9. The zero-order chi connectivity index (χ0) is 27.9. The van der Waals surface area contributed by atoms with Gasteiger partial charge in [0.15, 0.2) is 5.65 Å². The molecule has 0 unspecified atom stereocenters. The van der Waals surface area contributed by atoms with Crippen LogP contribution in [0.4, 0.5) is 5.69 Å². The highest BCUT2D eigenvalue weighted by molar-refractivity contribution is 5.93. The Morgan fingerprint density at radius 2 is 1.73 bits per heavy atom. The van der Waals surface area contributed by atoms with E-state index in [1.807, 2.05) is 60.7 Å². The Morgan fingerprint density at radius 3 is 2.52 bits per heavy atom. The Morgan fingerprint density at radius 1 is 0.925 bits per heavy atom. The average molecular weight is 534 g/mol. The highest BCUT2D eigenvalue weighted by Crippen LogP contribution is 2.26. The number of aromatic nitrogens is 4. The Hall–Kier alpha value is -5.18. The summed E-state index contributed by atoms with van der Waals surface area (Å²) in [5.41, 5.74) is 5.04. The van der Waals surface area contributed by atoms with E-state index in [0.717, 1.165) is 16.7 Å². The van der Waals surface area contributed by atoms with Gasteiger partial charge in [-0.15, -0.1) is 0 Å². The predicted molar refractivity (Wildman–Crippen MR) is 152 cm³/mol. The first-order valence-electron chi connectivity index (χ1n) is 12.9. The van der Waals surface area contributed by atoms with Gasteiger partial charge in [0, 0.05) is 37.1 Å². The molecule has 0 radical (unpaired) electrons. The van der Waals surface area contributed by atoms with Gasteiger partial charge in [0.2, 0.25) is 5.91 Å². The van der Waals surface area contributed by atoms with Crippen LogP contribution >= 0.6 is 0 Å². The number of hydrogen-bond acceptors (Lipinski definition) is 7. The zero-order valence-electron chi connectivity index (χ0n) is 21.9. The second-order valence-corrected chi connectivity index (χ2v) is 9.07. The minimum absolute atomic E-state index is 0.0207. The molecule has 0 aliphatic rings. The number of pyridine rings is 2. The number of benzene rings is 2. The molecule has 3 heterocycles. The average Bonchev–Trinajstić information content (AvgIpc) is 2.97. The van der Waals surface area contributed by atoms with Crippen molar-refractivity contribution in [1.82, 2.24) is 19.5 Å². The van der Waals surface area contributed by atoms with E-state index in [4.69, 9.17) is 4.74 Å². The molecule has 1 amide bonds. The SMILES string of the molecule is CCOC(=O)CCC(=O)Nc1cccc(-c2cccc(-n3c(=O)c(Cc4cccnc4)nc4cccnc43)c2)c1. The number of ether oxygens (including phenoxy) is 1. The van der Waals surface area contributed by atoms with Crippen molar-refractivity contribution in [2.24, 2.45) is 0 Å². The Bertz CT molecular complexity index is 1730. The molecule has 0 aliphatic heterocycles. The van der Waals surface area contributed by atoms with E-state index >= 15 is 0 Å². The van der Waals surface area contributed by atoms with Crippen molar-refractivity contribution < 1.29 is 14.3 Å². The van der Waals surface area contributed by atoms with Gasteiger partial charge < -0.3 is 10.1 Å². The summed E-state index contributed by atoms with van der Waals surface area (Å²) in [6, 6.07) is 22.3. The minimum Gasteiger partial charge on any atom is -0.466 e. The molecular weight excluding hydrogens is 506 g/mol. The molecule has 0 saturated carbocycles. The minimum atomic E-state index is -0.403. The molecule has 9 heteroatoms. The van der Waals surface area contributed by atoms with Crippen LogP contribution in [0.2, 0.25) is 0 Å². The van der Waals surface area contributed by atoms with Gasteiger partial charge in [0.1, 0.15) is 11.2 Å². The second-order valence-electron chi connectivity index (χ2n) is 9.07. The summed E-state index contributed by atoms with van der Waals surface area (Å²) in [4.78, 5) is 50.9. The number of rotatable bonds is 9. The van der Waals surface area contributed by atoms with Crippen LogP contribution in [0.3, 0.4) is 0 Å². The fourth-order valence-corrected chi connectivity index (χ4v) is 4.39. The Labute approximate surface area is 230 Å². The molecule has 5 rings (SSSR count). The lowest BCUT2D eigenvalue weighted by Crippen LogP contribution is -2.25. The van der Waals surface area contributed by atoms with Gasteiger partial charge in [0.05, 0.1) is 18.7 Å². The van der Waals surface area contributed by atoms with Gasteiger partial charge in [0.25, 0.3) is 5.56 Å². The van der Waals surface area contributed by atoms with Crippen molar-refractivity contribution in [3.8, 4) is 16.8 Å². The van der Waals surface area contributed by atoms with E-state index < -0.39 is 5.97 Å². The van der Waals surface area contributed by atoms with Crippen molar-refractivity contribution in [2.45, 2.75) is 26.2 Å². The number of nitrogens with one attached hydrogen (secondary N) is 1. The summed E-state index contributed by atoms with van der Waals surface area (Å²) in [7, 11) is 0. The van der Waals surface area contributed by atoms with Crippen LogP contribution < -0.4 is 10.9 Å². The van der Waals surface area contributed by atoms with Gasteiger partial charge in [-0.1, -0.05) is 30.3 Å². The highest BCUT2D eigenvalue weighted by Gasteiger charge is 2.15. The number of esters is 1. The van der Waals surface area contributed by atoms with Crippen LogP contribution in [-0.2, 0) is 20.7 Å². The maximum absolute atomic E-state index is 13.7. The predicted octanol–water partition coefficient (Wildman–Crippen LogP) is 4.72. The van der Waals surface area contributed by atoms with Gasteiger partial charge in [-0.2, -0.15) is 0 Å². The number of anilines is 1. The first-order chi connectivity index (χ1) is 19.5. The largest absolute Gasteiger partial charge is 0.466 e. The van der Waals surface area contributed by atoms with Crippen molar-refractivity contribution >= 4 is 28.7 Å². The Kier molecular flexibility index (Phi) is 8.01. The molecule has 0 atom stereocenters. The van der Waals surface area contributed by atoms with Crippen molar-refractivity contribution in [3.05, 3.63) is 113 Å². The van der Waals surface area contributed by atoms with E-state index in [1.165, 1.54) is 0 Å². The van der Waals surface area contributed by atoms with E-state index in [2.05, 4.69) is 20.3 Å². The maximum Gasteiger partial charge on any atom is 0.306 e. The highest BCUT2D eigenvalue weighted by atomic mass is 16.5. The monoisotopic (exact) mass is 533 g/mol. The standard InChI is InChI=1S/C31H27N5O4/c1-2-40-29(38)14-13-28(37)34-24-10-3-8-22(18-24)23-9-4-11-25(19-23)36-30-26(12-6-16-33-30)35-27(31(36)39)17-21-7-5-15-32-20-21/h3-12,15-16,18-20H,2,13-14,17H2,1H3,(H,34,37). The molecule has 0 fully saturated rings. The van der Waals surface area contributed by atoms with Crippen LogP contribution in [0, 0.1) is 0 Å². The molecule has 0 bridgehead atoms. The van der Waals surface area contributed by atoms with Crippen molar-refractivity contribution in [3.63, 3.8) is 0 Å². The molecule has 1 N–H and O–H groups in total. The lowest BCUT2D eigenvalue weighted by molar-refractivity contribution is -0.144. The first kappa shape index (κ1) is 26.4. The Balaban J connectivity index is 1.46. The molecule has 9 nitrogen and oxygen atoms in total. The lowest BCUT2D eigenvalue weighted by atomic mass is 10.0. The van der Waals surface area contributed by atoms with Crippen LogP contribution in [-0.4, -0.2) is 38.0 Å². The molecule has 0 saturated heterocycles. The van der Waals surface area contributed by atoms with Crippen molar-refractivity contribution in [2.75, 3.05) is 11.9 Å². The summed E-state index contributed by atoms with van der Waals surface area (Å²) < 4.78 is 6.47. The fraction of sp³-hybridized carbons (Fsp3) is 0.161. The van der Waals surface area contributed by atoms with E-state index in [9.17, 15) is 14.4 Å². The van der Waals surface area contributed by atoms with Crippen molar-refractivity contribution in [1.29, 1.82) is 0 Å². The van der Waals surface area contributed by atoms with Gasteiger partial charge >= 0.3 is 5.97 Å². The normalized spacial score (nSPS) is 10.8. The number of amides is 1. The summed E-state index contributed by atoms with van der Waals surface area (Å²) in [6.07, 6.45) is 5.45. The lowest BCUT2D eigenvalue weighted by Gasteiger charge is -2.13. The van der Waals surface area contributed by atoms with E-state index in [-0.39, 0.29) is 30.9 Å². The number of carbonyl (C=O) groups excluding carboxylic acids is 2. The molecule has 200 valence electrons. The topological polar surface area (TPSA) is 116 Å². The second kappa shape index (κ2) is 12.1. The smallest absolute Gasteiger partial charge is 0.306 e. The molecular formula is C31H27N5O4. The van der Waals surface area contributed by atoms with E-state index in [0.29, 0.717) is 34.7 Å². The van der Waals surface area contributed by atoms with Crippen LogP contribution in [0.25, 0.3) is 28.0 Å². The summed E-state index contributed by atoms with van der Waals surface area (Å²) in [6.45, 7) is 2.01. The van der Waals surface area contributed by atoms with Crippen LogP contribution in [0.15, 0.2) is 96.2 Å². The third-order valence-electron chi connectivity index (χ3n) is 6.22. The number of nitrogens with zero attached hydrogens (tertiary/aromatic N) is 4. The first-order valence-corrected chi connectivity index (χ1v) is 12.9. The third-order valence-corrected chi connectivity index (χ3v) is 6.22. The summed E-state index contributed by atoms with van der Waals surface area (Å²) >= 11 is 0. The summed E-state index contributed by atoms with van der Waals surface area (Å²) in [5.74, 6) is -0.679. The van der Waals surface area contributed by atoms with E-state index in [1.54, 1.807) is 42.2 Å². The number of fused-ring (bicyclic) bond motifs is 1. The summed E-state index contributed by atoms with van der Waals surface area (Å²) in [5, 5.41) is 2.83. The third kappa shape index (κ3) is 6.10. The number of carbonyl (C=O) groups is 2. The van der Waals surface area contributed by atoms with Gasteiger partial charge in [-0.05, 0) is 66.1 Å². The molecule has 3 aromatic heterocycles. The molecule has 5 aromatic rings. The maximum atomic E-state index is 13.7. The van der Waals surface area contributed by atoms with Gasteiger partial charge in [-0.25, -0.2) is 9.97 Å². The molecule has 0 spiro atoms. The number of hydrogen-bond donors (Lipinski definition) is 1. The quantitative estimate of drug-likeness (QED) is 0.273. The van der Waals surface area contributed by atoms with Crippen LogP contribution in [0.5, 0.6) is 0 Å². The molecule has 2 aromatic carbocycles. The fourth-order valence-electron chi connectivity index (χ4n) is 4.39. The van der Waals surface area contributed by atoms with Gasteiger partial charge in [-0.3, -0.25) is 23.9 Å². The molecule has 0 aliphatic carbocycles. The molecule has 40 heavy (non-hydrogen) atoms. The van der Waals surface area contributed by atoms with Crippen LogP contribution in [0.1, 0.15) is 31.0 Å².